The van der Waals surface area contributed by atoms with E-state index >= 15 is 0 Å². The predicted octanol–water partition coefficient (Wildman–Crippen LogP) is 3.99. The molecule has 1 saturated heterocycles. The van der Waals surface area contributed by atoms with Crippen molar-refractivity contribution in [3.63, 3.8) is 0 Å². The van der Waals surface area contributed by atoms with E-state index in [1.54, 1.807) is 40.7 Å². The molecule has 10 heteroatoms. The Morgan fingerprint density at radius 2 is 1.55 bits per heavy atom. The Hall–Kier alpha value is -4.54. The Bertz CT molecular complexity index is 1570. The van der Waals surface area contributed by atoms with Crippen LogP contribution in [0.3, 0.4) is 0 Å². The third-order valence-electron chi connectivity index (χ3n) is 7.92. The average Bonchev–Trinajstić information content (AvgIpc) is 3.07. The number of para-hydroxylation sites is 1. The minimum atomic E-state index is -0.690. The van der Waals surface area contributed by atoms with E-state index in [1.165, 1.54) is 0 Å². The SMILES string of the molecule is COc1ccc(C(C(=O)N2CCN(CC(O)COc3cccc4ncccc34)CC2)c2cccc(OC)c2OC)cc1OC. The van der Waals surface area contributed by atoms with Crippen molar-refractivity contribution in [2.75, 3.05) is 67.8 Å². The van der Waals surface area contributed by atoms with Gasteiger partial charge in [0.05, 0.1) is 39.9 Å². The van der Waals surface area contributed by atoms with E-state index in [4.69, 9.17) is 23.7 Å². The monoisotopic (exact) mass is 601 g/mol. The van der Waals surface area contributed by atoms with Gasteiger partial charge in [-0.15, -0.1) is 0 Å². The van der Waals surface area contributed by atoms with Gasteiger partial charge in [0.25, 0.3) is 0 Å². The Morgan fingerprint density at radius 3 is 2.27 bits per heavy atom. The van der Waals surface area contributed by atoms with Crippen LogP contribution >= 0.6 is 0 Å². The molecule has 0 saturated carbocycles. The number of aliphatic hydroxyl groups excluding tert-OH is 1. The zero-order valence-corrected chi connectivity index (χ0v) is 25.6. The fourth-order valence-electron chi connectivity index (χ4n) is 5.70. The van der Waals surface area contributed by atoms with Crippen molar-refractivity contribution in [2.45, 2.75) is 12.0 Å². The van der Waals surface area contributed by atoms with Crippen LogP contribution in [0.1, 0.15) is 17.0 Å². The average molecular weight is 602 g/mol. The van der Waals surface area contributed by atoms with Crippen LogP contribution in [-0.4, -0.2) is 99.7 Å². The summed E-state index contributed by atoms with van der Waals surface area (Å²) >= 11 is 0. The van der Waals surface area contributed by atoms with E-state index in [0.717, 1.165) is 16.5 Å². The van der Waals surface area contributed by atoms with E-state index in [1.807, 2.05) is 65.6 Å². The van der Waals surface area contributed by atoms with Gasteiger partial charge in [0.1, 0.15) is 18.5 Å². The van der Waals surface area contributed by atoms with Crippen LogP contribution in [-0.2, 0) is 4.79 Å². The molecule has 2 heterocycles. The normalized spacial score (nSPS) is 15.0. The van der Waals surface area contributed by atoms with Crippen molar-refractivity contribution < 1.29 is 33.6 Å². The highest BCUT2D eigenvalue weighted by atomic mass is 16.5. The van der Waals surface area contributed by atoms with Gasteiger partial charge in [0.2, 0.25) is 5.91 Å². The Balaban J connectivity index is 1.28. The molecule has 1 aliphatic rings. The number of aliphatic hydroxyl groups is 1. The van der Waals surface area contributed by atoms with Crippen LogP contribution < -0.4 is 23.7 Å². The van der Waals surface area contributed by atoms with E-state index in [2.05, 4.69) is 9.88 Å². The van der Waals surface area contributed by atoms with Crippen LogP contribution in [0, 0.1) is 0 Å². The fourth-order valence-corrected chi connectivity index (χ4v) is 5.70. The van der Waals surface area contributed by atoms with Gasteiger partial charge in [0, 0.05) is 49.9 Å². The first-order valence-electron chi connectivity index (χ1n) is 14.6. The Kier molecular flexibility index (Phi) is 10.0. The molecule has 232 valence electrons. The van der Waals surface area contributed by atoms with Crippen molar-refractivity contribution >= 4 is 16.8 Å². The summed E-state index contributed by atoms with van der Waals surface area (Å²) in [6.07, 6.45) is 1.05. The quantitative estimate of drug-likeness (QED) is 0.258. The number of amides is 1. The maximum atomic E-state index is 14.3. The molecule has 2 atom stereocenters. The maximum absolute atomic E-state index is 14.3. The number of piperazine rings is 1. The van der Waals surface area contributed by atoms with E-state index in [9.17, 15) is 9.90 Å². The van der Waals surface area contributed by atoms with Gasteiger partial charge < -0.3 is 33.7 Å². The number of hydrogen-bond donors (Lipinski definition) is 1. The third-order valence-corrected chi connectivity index (χ3v) is 7.92. The largest absolute Gasteiger partial charge is 0.493 e. The first-order valence-corrected chi connectivity index (χ1v) is 14.6. The van der Waals surface area contributed by atoms with E-state index in [-0.39, 0.29) is 12.5 Å². The number of carbonyl (C=O) groups is 1. The Morgan fingerprint density at radius 1 is 0.818 bits per heavy atom. The molecule has 10 nitrogen and oxygen atoms in total. The molecule has 1 amide bonds. The summed E-state index contributed by atoms with van der Waals surface area (Å²) < 4.78 is 28.3. The number of fused-ring (bicyclic) bond motifs is 1. The maximum Gasteiger partial charge on any atom is 0.234 e. The van der Waals surface area contributed by atoms with E-state index in [0.29, 0.717) is 67.0 Å². The molecule has 1 aliphatic heterocycles. The number of β-amino-alcohol motifs (C(OH)–C–C–N with tert-alkyl or cyclic N) is 1. The van der Waals surface area contributed by atoms with Crippen LogP contribution in [0.4, 0.5) is 0 Å². The van der Waals surface area contributed by atoms with Crippen molar-refractivity contribution in [1.82, 2.24) is 14.8 Å². The topological polar surface area (TPSA) is 103 Å². The van der Waals surface area contributed by atoms with Crippen LogP contribution in [0.15, 0.2) is 72.9 Å². The molecule has 5 rings (SSSR count). The zero-order valence-electron chi connectivity index (χ0n) is 25.6. The molecule has 3 aromatic carbocycles. The zero-order chi connectivity index (χ0) is 31.1. The van der Waals surface area contributed by atoms with Crippen molar-refractivity contribution in [2.24, 2.45) is 0 Å². The number of nitrogens with zero attached hydrogens (tertiary/aromatic N) is 3. The molecular formula is C34H39N3O7. The molecule has 4 aromatic rings. The van der Waals surface area contributed by atoms with Crippen LogP contribution in [0.2, 0.25) is 0 Å². The lowest BCUT2D eigenvalue weighted by molar-refractivity contribution is -0.133. The lowest BCUT2D eigenvalue weighted by Gasteiger charge is -2.37. The first kappa shape index (κ1) is 30.9. The summed E-state index contributed by atoms with van der Waals surface area (Å²) in [5.74, 6) is 2.13. The summed E-state index contributed by atoms with van der Waals surface area (Å²) in [6, 6.07) is 20.6. The van der Waals surface area contributed by atoms with Gasteiger partial charge in [-0.25, -0.2) is 0 Å². The number of ether oxygens (including phenoxy) is 5. The second-order valence-corrected chi connectivity index (χ2v) is 10.5. The highest BCUT2D eigenvalue weighted by Crippen LogP contribution is 2.41. The lowest BCUT2D eigenvalue weighted by Crippen LogP contribution is -2.52. The number of hydrogen-bond acceptors (Lipinski definition) is 9. The summed E-state index contributed by atoms with van der Waals surface area (Å²) in [5, 5.41) is 11.7. The smallest absolute Gasteiger partial charge is 0.234 e. The summed E-state index contributed by atoms with van der Waals surface area (Å²) in [7, 11) is 6.30. The second kappa shape index (κ2) is 14.3. The first-order chi connectivity index (χ1) is 21.5. The second-order valence-electron chi connectivity index (χ2n) is 10.5. The van der Waals surface area contributed by atoms with Gasteiger partial charge in [-0.1, -0.05) is 24.3 Å². The molecule has 0 spiro atoms. The molecular weight excluding hydrogens is 562 g/mol. The van der Waals surface area contributed by atoms with E-state index < -0.39 is 12.0 Å². The molecule has 1 fully saturated rings. The lowest BCUT2D eigenvalue weighted by atomic mass is 9.88. The minimum Gasteiger partial charge on any atom is -0.493 e. The highest BCUT2D eigenvalue weighted by Gasteiger charge is 2.33. The van der Waals surface area contributed by atoms with Crippen molar-refractivity contribution in [3.05, 3.63) is 84.1 Å². The third kappa shape index (κ3) is 6.66. The van der Waals surface area contributed by atoms with Gasteiger partial charge in [-0.2, -0.15) is 0 Å². The number of methoxy groups -OCH3 is 4. The number of benzene rings is 3. The van der Waals surface area contributed by atoms with Crippen LogP contribution in [0.5, 0.6) is 28.7 Å². The highest BCUT2D eigenvalue weighted by molar-refractivity contribution is 5.89. The molecule has 0 radical (unpaired) electrons. The summed E-state index contributed by atoms with van der Waals surface area (Å²) in [4.78, 5) is 22.7. The van der Waals surface area contributed by atoms with Crippen molar-refractivity contribution in [1.29, 1.82) is 0 Å². The van der Waals surface area contributed by atoms with Crippen molar-refractivity contribution in [3.8, 4) is 28.7 Å². The molecule has 0 bridgehead atoms. The van der Waals surface area contributed by atoms with Gasteiger partial charge in [-0.3, -0.25) is 14.7 Å². The molecule has 2 unspecified atom stereocenters. The predicted molar refractivity (Wildman–Crippen MR) is 167 cm³/mol. The molecule has 1 N–H and O–H groups in total. The molecule has 1 aromatic heterocycles. The van der Waals surface area contributed by atoms with Gasteiger partial charge in [0.15, 0.2) is 23.0 Å². The Labute approximate surface area is 257 Å². The molecule has 0 aliphatic carbocycles. The number of pyridine rings is 1. The van der Waals surface area contributed by atoms with Gasteiger partial charge in [-0.05, 0) is 48.0 Å². The minimum absolute atomic E-state index is 0.0585. The standard InChI is InChI=1S/C34H39N3O7/c1-40-29-14-13-23(20-31(29)42-3)32(26-8-5-12-30(41-2)33(26)43-4)34(39)37-18-16-36(17-19-37)21-24(38)22-44-28-11-6-10-27-25(28)9-7-15-35-27/h5-15,20,24,32,38H,16-19,21-22H2,1-4H3. The number of carbonyl (C=O) groups excluding carboxylic acids is 1. The van der Waals surface area contributed by atoms with Gasteiger partial charge >= 0.3 is 0 Å². The fraction of sp³-hybridized carbons (Fsp3) is 0.353. The summed E-state index contributed by atoms with van der Waals surface area (Å²) in [6.45, 7) is 2.86. The summed E-state index contributed by atoms with van der Waals surface area (Å²) in [5.41, 5.74) is 2.29. The van der Waals surface area contributed by atoms with Crippen LogP contribution in [0.25, 0.3) is 10.9 Å². The number of aromatic nitrogens is 1. The number of rotatable bonds is 12. The molecule has 44 heavy (non-hydrogen) atoms.